The summed E-state index contributed by atoms with van der Waals surface area (Å²) in [5.41, 5.74) is 3.10. The molecule has 1 aliphatic rings. The molecule has 0 aliphatic heterocycles. The van der Waals surface area contributed by atoms with Crippen molar-refractivity contribution in [3.8, 4) is 0 Å². The lowest BCUT2D eigenvalue weighted by atomic mass is 9.79. The highest BCUT2D eigenvalue weighted by Crippen LogP contribution is 2.36. The van der Waals surface area contributed by atoms with Gasteiger partial charge in [0, 0.05) is 0 Å². The second-order valence-electron chi connectivity index (χ2n) is 4.97. The fourth-order valence-electron chi connectivity index (χ4n) is 2.19. The van der Waals surface area contributed by atoms with E-state index >= 15 is 0 Å². The average molecular weight is 188 g/mol. The van der Waals surface area contributed by atoms with Crippen molar-refractivity contribution in [2.45, 2.75) is 45.4 Å². The van der Waals surface area contributed by atoms with Gasteiger partial charge in [0.1, 0.15) is 0 Å². The summed E-state index contributed by atoms with van der Waals surface area (Å²) in [6, 6.07) is 9.21. The quantitative estimate of drug-likeness (QED) is 0.668. The summed E-state index contributed by atoms with van der Waals surface area (Å²) >= 11 is 0. The Morgan fingerprint density at radius 2 is 2.07 bits per heavy atom. The van der Waals surface area contributed by atoms with E-state index in [2.05, 4.69) is 38.1 Å². The predicted octanol–water partition coefficient (Wildman–Crippen LogP) is 4.15. The smallest absolute Gasteiger partial charge is 0.0162 e. The van der Waals surface area contributed by atoms with Gasteiger partial charge in [-0.3, -0.25) is 0 Å². The Balaban J connectivity index is 2.09. The first-order valence-corrected chi connectivity index (χ1v) is 5.84. The molecular weight excluding hydrogens is 168 g/mol. The van der Waals surface area contributed by atoms with E-state index in [4.69, 9.17) is 0 Å². The van der Waals surface area contributed by atoms with E-state index in [0.717, 1.165) is 11.8 Å². The van der Waals surface area contributed by atoms with Gasteiger partial charge in [-0.05, 0) is 42.2 Å². The minimum atomic E-state index is 0.770. The van der Waals surface area contributed by atoms with E-state index in [1.54, 1.807) is 5.56 Å². The fourth-order valence-corrected chi connectivity index (χ4v) is 2.19. The standard InChI is InChI=1S/C14H20/c1-11(2)9-12-5-3-8-14(10-12)13-6-4-7-13/h3,5,8,10-11,13H,4,6-7,9H2,1-2H3. The zero-order valence-corrected chi connectivity index (χ0v) is 9.29. The van der Waals surface area contributed by atoms with Crippen LogP contribution in [-0.2, 0) is 6.42 Å². The summed E-state index contributed by atoms with van der Waals surface area (Å²) in [6.07, 6.45) is 5.47. The molecule has 0 unspecified atom stereocenters. The molecule has 1 fully saturated rings. The summed E-state index contributed by atoms with van der Waals surface area (Å²) in [5, 5.41) is 0. The van der Waals surface area contributed by atoms with Crippen molar-refractivity contribution in [3.05, 3.63) is 35.4 Å². The highest BCUT2D eigenvalue weighted by molar-refractivity contribution is 5.27. The first kappa shape index (κ1) is 9.76. The molecule has 0 spiro atoms. The van der Waals surface area contributed by atoms with Crippen molar-refractivity contribution in [2.24, 2.45) is 5.92 Å². The van der Waals surface area contributed by atoms with Gasteiger partial charge in [-0.1, -0.05) is 44.5 Å². The SMILES string of the molecule is CC(C)Cc1cccc(C2CCC2)c1. The summed E-state index contributed by atoms with van der Waals surface area (Å²) in [7, 11) is 0. The zero-order valence-electron chi connectivity index (χ0n) is 9.29. The van der Waals surface area contributed by atoms with Gasteiger partial charge in [0.25, 0.3) is 0 Å². The maximum Gasteiger partial charge on any atom is -0.0162 e. The topological polar surface area (TPSA) is 0 Å². The molecule has 0 amide bonds. The molecule has 0 heterocycles. The van der Waals surface area contributed by atoms with Crippen molar-refractivity contribution in [1.29, 1.82) is 0 Å². The molecule has 1 saturated carbocycles. The van der Waals surface area contributed by atoms with E-state index in [1.807, 2.05) is 0 Å². The van der Waals surface area contributed by atoms with Crippen LogP contribution in [0.2, 0.25) is 0 Å². The normalized spacial score (nSPS) is 17.1. The maximum atomic E-state index is 2.42. The molecule has 0 aromatic heterocycles. The van der Waals surface area contributed by atoms with Crippen LogP contribution in [0, 0.1) is 5.92 Å². The molecular formula is C14H20. The van der Waals surface area contributed by atoms with E-state index in [0.29, 0.717) is 0 Å². The van der Waals surface area contributed by atoms with Gasteiger partial charge >= 0.3 is 0 Å². The van der Waals surface area contributed by atoms with E-state index in [1.165, 1.54) is 31.2 Å². The lowest BCUT2D eigenvalue weighted by molar-refractivity contribution is 0.419. The average Bonchev–Trinajstić information content (AvgIpc) is 1.99. The van der Waals surface area contributed by atoms with Gasteiger partial charge in [0.2, 0.25) is 0 Å². The summed E-state index contributed by atoms with van der Waals surface area (Å²) in [4.78, 5) is 0. The molecule has 0 heteroatoms. The largest absolute Gasteiger partial charge is 0.0625 e. The zero-order chi connectivity index (χ0) is 9.97. The van der Waals surface area contributed by atoms with Crippen molar-refractivity contribution in [2.75, 3.05) is 0 Å². The van der Waals surface area contributed by atoms with Crippen molar-refractivity contribution >= 4 is 0 Å². The molecule has 76 valence electrons. The van der Waals surface area contributed by atoms with Crippen molar-refractivity contribution in [3.63, 3.8) is 0 Å². The molecule has 0 bridgehead atoms. The Morgan fingerprint density at radius 3 is 2.64 bits per heavy atom. The van der Waals surface area contributed by atoms with Crippen LogP contribution in [0.25, 0.3) is 0 Å². The second-order valence-corrected chi connectivity index (χ2v) is 4.97. The van der Waals surface area contributed by atoms with Gasteiger partial charge in [-0.2, -0.15) is 0 Å². The third-order valence-electron chi connectivity index (χ3n) is 3.17. The fraction of sp³-hybridized carbons (Fsp3) is 0.571. The molecule has 0 nitrogen and oxygen atoms in total. The molecule has 0 atom stereocenters. The Labute approximate surface area is 87.3 Å². The third-order valence-corrected chi connectivity index (χ3v) is 3.17. The van der Waals surface area contributed by atoms with Crippen LogP contribution in [0.1, 0.15) is 50.2 Å². The predicted molar refractivity (Wildman–Crippen MR) is 61.6 cm³/mol. The lowest BCUT2D eigenvalue weighted by Gasteiger charge is -2.26. The van der Waals surface area contributed by atoms with E-state index < -0.39 is 0 Å². The maximum absolute atomic E-state index is 2.42. The number of benzene rings is 1. The van der Waals surface area contributed by atoms with Crippen LogP contribution in [-0.4, -0.2) is 0 Å². The summed E-state index contributed by atoms with van der Waals surface area (Å²) < 4.78 is 0. The molecule has 14 heavy (non-hydrogen) atoms. The van der Waals surface area contributed by atoms with Crippen LogP contribution >= 0.6 is 0 Å². The second kappa shape index (κ2) is 4.16. The van der Waals surface area contributed by atoms with E-state index in [9.17, 15) is 0 Å². The molecule has 0 radical (unpaired) electrons. The Kier molecular flexibility index (Phi) is 2.90. The first-order valence-electron chi connectivity index (χ1n) is 5.84. The Hall–Kier alpha value is -0.780. The van der Waals surface area contributed by atoms with Gasteiger partial charge < -0.3 is 0 Å². The first-order chi connectivity index (χ1) is 6.75. The van der Waals surface area contributed by atoms with Crippen LogP contribution in [0.3, 0.4) is 0 Å². The van der Waals surface area contributed by atoms with Gasteiger partial charge in [0.15, 0.2) is 0 Å². The highest BCUT2D eigenvalue weighted by atomic mass is 14.2. The number of rotatable bonds is 3. The minimum Gasteiger partial charge on any atom is -0.0625 e. The Bertz CT molecular complexity index is 295. The minimum absolute atomic E-state index is 0.770. The molecule has 1 aliphatic carbocycles. The molecule has 1 aromatic carbocycles. The Morgan fingerprint density at radius 1 is 1.29 bits per heavy atom. The third kappa shape index (κ3) is 2.17. The van der Waals surface area contributed by atoms with Crippen molar-refractivity contribution in [1.82, 2.24) is 0 Å². The van der Waals surface area contributed by atoms with Crippen LogP contribution in [0.15, 0.2) is 24.3 Å². The van der Waals surface area contributed by atoms with E-state index in [-0.39, 0.29) is 0 Å². The number of hydrogen-bond acceptors (Lipinski definition) is 0. The van der Waals surface area contributed by atoms with Crippen LogP contribution in [0.4, 0.5) is 0 Å². The highest BCUT2D eigenvalue weighted by Gasteiger charge is 2.19. The molecule has 0 saturated heterocycles. The van der Waals surface area contributed by atoms with Crippen LogP contribution < -0.4 is 0 Å². The van der Waals surface area contributed by atoms with Gasteiger partial charge in [0.05, 0.1) is 0 Å². The van der Waals surface area contributed by atoms with Crippen LogP contribution in [0.5, 0.6) is 0 Å². The number of hydrogen-bond donors (Lipinski definition) is 0. The monoisotopic (exact) mass is 188 g/mol. The molecule has 0 N–H and O–H groups in total. The van der Waals surface area contributed by atoms with Crippen molar-refractivity contribution < 1.29 is 0 Å². The summed E-state index contributed by atoms with van der Waals surface area (Å²) in [6.45, 7) is 4.58. The van der Waals surface area contributed by atoms with Gasteiger partial charge in [-0.15, -0.1) is 0 Å². The lowest BCUT2D eigenvalue weighted by Crippen LogP contribution is -2.09. The van der Waals surface area contributed by atoms with Gasteiger partial charge in [-0.25, -0.2) is 0 Å². The molecule has 1 aromatic rings. The summed E-state index contributed by atoms with van der Waals surface area (Å²) in [5.74, 6) is 1.65. The molecule has 2 rings (SSSR count).